The molecule has 80 valence electrons. The van der Waals surface area contributed by atoms with E-state index in [1.165, 1.54) is 16.7 Å². The molecule has 0 unspecified atom stereocenters. The van der Waals surface area contributed by atoms with E-state index < -0.39 is 0 Å². The van der Waals surface area contributed by atoms with Gasteiger partial charge in [0.15, 0.2) is 0 Å². The Bertz CT molecular complexity index is 384. The van der Waals surface area contributed by atoms with Crippen LogP contribution in [0.4, 0.5) is 0 Å². The van der Waals surface area contributed by atoms with Gasteiger partial charge in [-0.15, -0.1) is 0 Å². The van der Waals surface area contributed by atoms with Crippen molar-refractivity contribution in [3.05, 3.63) is 34.9 Å². The van der Waals surface area contributed by atoms with E-state index in [4.69, 9.17) is 0 Å². The molecule has 1 aromatic carbocycles. The highest BCUT2D eigenvalue weighted by Gasteiger charge is 2.15. The Kier molecular flexibility index (Phi) is 2.76. The quantitative estimate of drug-likeness (QED) is 0.631. The molecule has 1 amide bonds. The van der Waals surface area contributed by atoms with Gasteiger partial charge in [-0.05, 0) is 30.9 Å². The third-order valence-corrected chi connectivity index (χ3v) is 3.11. The van der Waals surface area contributed by atoms with E-state index >= 15 is 0 Å². The molecular formula is C13H17NO. The van der Waals surface area contributed by atoms with Gasteiger partial charge in [-0.25, -0.2) is 0 Å². The number of amides is 1. The minimum absolute atomic E-state index is 0.194. The smallest absolute Gasteiger partial charge is 0.219 e. The molecule has 0 saturated carbocycles. The van der Waals surface area contributed by atoms with Gasteiger partial charge in [-0.2, -0.15) is 0 Å². The molecule has 0 saturated heterocycles. The van der Waals surface area contributed by atoms with Crippen LogP contribution in [0.1, 0.15) is 23.6 Å². The molecule has 1 heterocycles. The second-order valence-corrected chi connectivity index (χ2v) is 4.28. The number of fused-ring (bicyclic) bond motifs is 1. The highest BCUT2D eigenvalue weighted by molar-refractivity contribution is 5.73. The summed E-state index contributed by atoms with van der Waals surface area (Å²) in [5.41, 5.74) is 4.13. The maximum atomic E-state index is 11.3. The zero-order valence-electron chi connectivity index (χ0n) is 9.42. The molecule has 0 radical (unpaired) electrons. The van der Waals surface area contributed by atoms with E-state index in [9.17, 15) is 4.79 Å². The second-order valence-electron chi connectivity index (χ2n) is 4.28. The summed E-state index contributed by atoms with van der Waals surface area (Å²) in [6.07, 6.45) is 1.99. The van der Waals surface area contributed by atoms with Gasteiger partial charge in [0.2, 0.25) is 5.91 Å². The summed E-state index contributed by atoms with van der Waals surface area (Å²) in [7, 11) is 0. The Balaban J connectivity index is 2.21. The number of rotatable bonds is 0. The summed E-state index contributed by atoms with van der Waals surface area (Å²) in [5, 5.41) is 0. The molecule has 0 fully saturated rings. The highest BCUT2D eigenvalue weighted by atomic mass is 16.2. The number of benzene rings is 1. The number of hydrogen-bond acceptors (Lipinski definition) is 1. The lowest BCUT2D eigenvalue weighted by Crippen LogP contribution is -2.30. The Morgan fingerprint density at radius 1 is 1.20 bits per heavy atom. The van der Waals surface area contributed by atoms with Crippen molar-refractivity contribution < 1.29 is 4.79 Å². The molecule has 0 atom stereocenters. The first-order valence-electron chi connectivity index (χ1n) is 5.51. The lowest BCUT2D eigenvalue weighted by Gasteiger charge is -2.17. The van der Waals surface area contributed by atoms with Crippen molar-refractivity contribution in [2.24, 2.45) is 0 Å². The van der Waals surface area contributed by atoms with Crippen LogP contribution in [0.3, 0.4) is 0 Å². The monoisotopic (exact) mass is 203 g/mol. The van der Waals surface area contributed by atoms with E-state index in [0.717, 1.165) is 25.9 Å². The summed E-state index contributed by atoms with van der Waals surface area (Å²) < 4.78 is 0. The summed E-state index contributed by atoms with van der Waals surface area (Å²) in [6, 6.07) is 6.61. The van der Waals surface area contributed by atoms with Gasteiger partial charge in [-0.1, -0.05) is 23.8 Å². The molecule has 0 bridgehead atoms. The van der Waals surface area contributed by atoms with Crippen LogP contribution in [0, 0.1) is 6.92 Å². The van der Waals surface area contributed by atoms with E-state index in [2.05, 4.69) is 25.1 Å². The molecule has 1 aliphatic heterocycles. The predicted molar refractivity (Wildman–Crippen MR) is 60.8 cm³/mol. The van der Waals surface area contributed by atoms with Crippen LogP contribution in [0.15, 0.2) is 18.2 Å². The van der Waals surface area contributed by atoms with Gasteiger partial charge in [0.1, 0.15) is 0 Å². The van der Waals surface area contributed by atoms with Gasteiger partial charge < -0.3 is 4.90 Å². The summed E-state index contributed by atoms with van der Waals surface area (Å²) >= 11 is 0. The molecular weight excluding hydrogens is 186 g/mol. The summed E-state index contributed by atoms with van der Waals surface area (Å²) in [5.74, 6) is 0.194. The third kappa shape index (κ3) is 2.20. The van der Waals surface area contributed by atoms with Gasteiger partial charge >= 0.3 is 0 Å². The fourth-order valence-electron chi connectivity index (χ4n) is 2.17. The second kappa shape index (κ2) is 4.05. The van der Waals surface area contributed by atoms with Crippen molar-refractivity contribution in [1.82, 2.24) is 4.90 Å². The van der Waals surface area contributed by atoms with E-state index in [0.29, 0.717) is 0 Å². The average molecular weight is 203 g/mol. The lowest BCUT2D eigenvalue weighted by molar-refractivity contribution is -0.128. The number of aryl methyl sites for hydroxylation is 1. The number of hydrogen-bond donors (Lipinski definition) is 0. The van der Waals surface area contributed by atoms with Crippen molar-refractivity contribution in [1.29, 1.82) is 0 Å². The number of carbonyl (C=O) groups is 1. The first-order chi connectivity index (χ1) is 7.16. The Morgan fingerprint density at radius 3 is 2.53 bits per heavy atom. The molecule has 2 rings (SSSR count). The van der Waals surface area contributed by atoms with Crippen molar-refractivity contribution >= 4 is 5.91 Å². The van der Waals surface area contributed by atoms with Crippen LogP contribution in [-0.2, 0) is 17.6 Å². The zero-order chi connectivity index (χ0) is 10.8. The van der Waals surface area contributed by atoms with Crippen LogP contribution in [-0.4, -0.2) is 23.9 Å². The number of carbonyl (C=O) groups excluding carboxylic acids is 1. The van der Waals surface area contributed by atoms with Gasteiger partial charge in [0.05, 0.1) is 0 Å². The molecule has 2 nitrogen and oxygen atoms in total. The van der Waals surface area contributed by atoms with E-state index in [1.54, 1.807) is 6.92 Å². The summed E-state index contributed by atoms with van der Waals surface area (Å²) in [6.45, 7) is 5.51. The molecule has 15 heavy (non-hydrogen) atoms. The van der Waals surface area contributed by atoms with Crippen LogP contribution < -0.4 is 0 Å². The minimum Gasteiger partial charge on any atom is -0.342 e. The minimum atomic E-state index is 0.194. The van der Waals surface area contributed by atoms with Gasteiger partial charge in [0, 0.05) is 20.0 Å². The van der Waals surface area contributed by atoms with Crippen molar-refractivity contribution in [2.75, 3.05) is 13.1 Å². The van der Waals surface area contributed by atoms with Crippen molar-refractivity contribution in [3.8, 4) is 0 Å². The fourth-order valence-corrected chi connectivity index (χ4v) is 2.17. The van der Waals surface area contributed by atoms with Gasteiger partial charge in [0.25, 0.3) is 0 Å². The Morgan fingerprint density at radius 2 is 1.87 bits per heavy atom. The topological polar surface area (TPSA) is 20.3 Å². The van der Waals surface area contributed by atoms with Crippen LogP contribution in [0.2, 0.25) is 0 Å². The largest absolute Gasteiger partial charge is 0.342 e. The van der Waals surface area contributed by atoms with Crippen molar-refractivity contribution in [2.45, 2.75) is 26.7 Å². The molecule has 0 aliphatic carbocycles. The first-order valence-corrected chi connectivity index (χ1v) is 5.51. The van der Waals surface area contributed by atoms with E-state index in [-0.39, 0.29) is 5.91 Å². The third-order valence-electron chi connectivity index (χ3n) is 3.11. The summed E-state index contributed by atoms with van der Waals surface area (Å²) in [4.78, 5) is 13.2. The molecule has 1 aromatic rings. The first kappa shape index (κ1) is 10.2. The van der Waals surface area contributed by atoms with E-state index in [1.807, 2.05) is 4.90 Å². The van der Waals surface area contributed by atoms with Crippen molar-refractivity contribution in [3.63, 3.8) is 0 Å². The van der Waals surface area contributed by atoms with Gasteiger partial charge in [-0.3, -0.25) is 4.79 Å². The molecule has 0 N–H and O–H groups in total. The fraction of sp³-hybridized carbons (Fsp3) is 0.462. The SMILES string of the molecule is CC(=O)N1CCc2ccc(C)cc2CC1. The molecule has 1 aliphatic rings. The van der Waals surface area contributed by atoms with Crippen LogP contribution >= 0.6 is 0 Å². The lowest BCUT2D eigenvalue weighted by atomic mass is 10.0. The zero-order valence-corrected chi connectivity index (χ0v) is 9.42. The molecule has 2 heteroatoms. The maximum absolute atomic E-state index is 11.3. The van der Waals surface area contributed by atoms with Crippen LogP contribution in [0.25, 0.3) is 0 Å². The normalized spacial score (nSPS) is 15.7. The van der Waals surface area contributed by atoms with Crippen LogP contribution in [0.5, 0.6) is 0 Å². The maximum Gasteiger partial charge on any atom is 0.219 e. The average Bonchev–Trinajstić information content (AvgIpc) is 2.39. The predicted octanol–water partition coefficient (Wildman–Crippen LogP) is 1.94. The Labute approximate surface area is 90.9 Å². The molecule has 0 spiro atoms. The Hall–Kier alpha value is -1.31. The standard InChI is InChI=1S/C13H17NO/c1-10-3-4-12-5-7-14(11(2)15)8-6-13(12)9-10/h3-4,9H,5-8H2,1-2H3. The highest BCUT2D eigenvalue weighted by Crippen LogP contribution is 2.17. The molecule has 0 aromatic heterocycles. The number of nitrogens with zero attached hydrogens (tertiary/aromatic N) is 1.